The molecule has 0 atom stereocenters. The summed E-state index contributed by atoms with van der Waals surface area (Å²) in [5, 5.41) is 0. The van der Waals surface area contributed by atoms with Crippen LogP contribution in [0.1, 0.15) is 65.2 Å². The predicted octanol–water partition coefficient (Wildman–Crippen LogP) is 4.46. The molecule has 1 fully saturated rings. The molecule has 0 spiro atoms. The number of hydrogen-bond donors (Lipinski definition) is 0. The van der Waals surface area contributed by atoms with Gasteiger partial charge in [0.2, 0.25) is 0 Å². The first-order chi connectivity index (χ1) is 5.88. The topological polar surface area (TPSA) is 0 Å². The lowest BCUT2D eigenvalue weighted by Crippen LogP contribution is -1.84. The van der Waals surface area contributed by atoms with E-state index in [-0.39, 0.29) is 0 Å². The first-order valence-electron chi connectivity index (χ1n) is 5.58. The highest BCUT2D eigenvalue weighted by atomic mass is 14.2. The average Bonchev–Trinajstić information content (AvgIpc) is 2.86. The van der Waals surface area contributed by atoms with Crippen molar-refractivity contribution in [3.63, 3.8) is 0 Å². The van der Waals surface area contributed by atoms with Crippen LogP contribution in [0.4, 0.5) is 0 Å². The average molecular weight is 166 g/mol. The van der Waals surface area contributed by atoms with E-state index in [4.69, 9.17) is 0 Å². The van der Waals surface area contributed by atoms with Crippen molar-refractivity contribution in [1.82, 2.24) is 0 Å². The fourth-order valence-corrected chi connectivity index (χ4v) is 1.78. The summed E-state index contributed by atoms with van der Waals surface area (Å²) in [5.74, 6) is 0. The monoisotopic (exact) mass is 166 g/mol. The second kappa shape index (κ2) is 5.40. The molecule has 0 nitrogen and oxygen atoms in total. The van der Waals surface area contributed by atoms with Gasteiger partial charge in [0.15, 0.2) is 0 Å². The molecular weight excluding hydrogens is 144 g/mol. The van der Waals surface area contributed by atoms with Gasteiger partial charge in [-0.15, -0.1) is 0 Å². The summed E-state index contributed by atoms with van der Waals surface area (Å²) in [4.78, 5) is 0. The number of unbranched alkanes of at least 4 members (excludes halogenated alkanes) is 2. The van der Waals surface area contributed by atoms with Gasteiger partial charge < -0.3 is 0 Å². The van der Waals surface area contributed by atoms with Crippen LogP contribution in [0.3, 0.4) is 0 Å². The fourth-order valence-electron chi connectivity index (χ4n) is 1.78. The van der Waals surface area contributed by atoms with Crippen molar-refractivity contribution < 1.29 is 0 Å². The van der Waals surface area contributed by atoms with E-state index in [1.165, 1.54) is 51.4 Å². The smallest absolute Gasteiger partial charge is 0.0280 e. The minimum Gasteiger partial charge on any atom is -0.0710 e. The van der Waals surface area contributed by atoms with Crippen LogP contribution in [0, 0.1) is 0 Å². The number of rotatable bonds is 6. The van der Waals surface area contributed by atoms with Gasteiger partial charge in [-0.1, -0.05) is 44.3 Å². The van der Waals surface area contributed by atoms with Gasteiger partial charge in [0, 0.05) is 0 Å². The van der Waals surface area contributed by atoms with Crippen LogP contribution in [0.15, 0.2) is 11.1 Å². The lowest BCUT2D eigenvalue weighted by molar-refractivity contribution is 0.689. The molecule has 0 bridgehead atoms. The second-order valence-electron chi connectivity index (χ2n) is 3.91. The van der Waals surface area contributed by atoms with E-state index in [1.807, 2.05) is 5.57 Å². The zero-order valence-electron chi connectivity index (χ0n) is 8.66. The normalized spacial score (nSPS) is 15.0. The molecule has 0 aromatic rings. The van der Waals surface area contributed by atoms with Crippen LogP contribution < -0.4 is 0 Å². The first kappa shape index (κ1) is 9.83. The van der Waals surface area contributed by atoms with Crippen molar-refractivity contribution in [1.29, 1.82) is 0 Å². The number of allylic oxidation sites excluding steroid dienone is 2. The minimum absolute atomic E-state index is 1.34. The van der Waals surface area contributed by atoms with Gasteiger partial charge in [-0.25, -0.2) is 0 Å². The van der Waals surface area contributed by atoms with Crippen LogP contribution in [0.25, 0.3) is 0 Å². The van der Waals surface area contributed by atoms with Gasteiger partial charge in [-0.2, -0.15) is 0 Å². The second-order valence-corrected chi connectivity index (χ2v) is 3.91. The van der Waals surface area contributed by atoms with Crippen LogP contribution in [0.2, 0.25) is 0 Å². The van der Waals surface area contributed by atoms with Crippen LogP contribution >= 0.6 is 0 Å². The van der Waals surface area contributed by atoms with E-state index in [9.17, 15) is 0 Å². The molecule has 1 rings (SSSR count). The van der Waals surface area contributed by atoms with Gasteiger partial charge in [0.05, 0.1) is 0 Å². The maximum absolute atomic E-state index is 2.29. The molecule has 0 unspecified atom stereocenters. The van der Waals surface area contributed by atoms with E-state index in [0.717, 1.165) is 0 Å². The highest BCUT2D eigenvalue weighted by molar-refractivity contribution is 5.25. The Morgan fingerprint density at radius 1 is 1.00 bits per heavy atom. The van der Waals surface area contributed by atoms with Gasteiger partial charge in [0.25, 0.3) is 0 Å². The SMILES string of the molecule is CCCCCC(CCC)=C1CC1. The van der Waals surface area contributed by atoms with E-state index >= 15 is 0 Å². The van der Waals surface area contributed by atoms with E-state index in [2.05, 4.69) is 13.8 Å². The van der Waals surface area contributed by atoms with Crippen LogP contribution in [0.5, 0.6) is 0 Å². The van der Waals surface area contributed by atoms with Crippen molar-refractivity contribution >= 4 is 0 Å². The highest BCUT2D eigenvalue weighted by Gasteiger charge is 2.15. The van der Waals surface area contributed by atoms with E-state index < -0.39 is 0 Å². The number of hydrogen-bond acceptors (Lipinski definition) is 0. The van der Waals surface area contributed by atoms with Crippen molar-refractivity contribution in [2.24, 2.45) is 0 Å². The molecule has 1 aliphatic carbocycles. The predicted molar refractivity (Wildman–Crippen MR) is 55.3 cm³/mol. The van der Waals surface area contributed by atoms with E-state index in [0.29, 0.717) is 0 Å². The molecule has 1 saturated carbocycles. The third-order valence-corrected chi connectivity index (χ3v) is 2.63. The maximum Gasteiger partial charge on any atom is -0.0280 e. The van der Waals surface area contributed by atoms with Crippen molar-refractivity contribution in [2.45, 2.75) is 65.2 Å². The molecule has 0 aromatic carbocycles. The third-order valence-electron chi connectivity index (χ3n) is 2.63. The Labute approximate surface area is 77.1 Å². The molecular formula is C12H22. The molecule has 70 valence electrons. The molecule has 0 aromatic heterocycles. The summed E-state index contributed by atoms with van der Waals surface area (Å²) in [6.45, 7) is 4.58. The zero-order chi connectivity index (χ0) is 8.81. The van der Waals surface area contributed by atoms with E-state index in [1.54, 1.807) is 5.57 Å². The Kier molecular flexibility index (Phi) is 4.42. The van der Waals surface area contributed by atoms with Crippen LogP contribution in [-0.4, -0.2) is 0 Å². The summed E-state index contributed by atoms with van der Waals surface area (Å²) in [6.07, 6.45) is 11.1. The Bertz CT molecular complexity index is 147. The highest BCUT2D eigenvalue weighted by Crippen LogP contribution is 2.35. The van der Waals surface area contributed by atoms with Crippen molar-refractivity contribution in [3.8, 4) is 0 Å². The molecule has 0 radical (unpaired) electrons. The summed E-state index contributed by atoms with van der Waals surface area (Å²) in [7, 11) is 0. The summed E-state index contributed by atoms with van der Waals surface area (Å²) >= 11 is 0. The minimum atomic E-state index is 1.34. The fraction of sp³-hybridized carbons (Fsp3) is 0.833. The lowest BCUT2D eigenvalue weighted by atomic mass is 10.0. The van der Waals surface area contributed by atoms with Crippen molar-refractivity contribution in [2.75, 3.05) is 0 Å². The molecule has 1 aliphatic rings. The molecule has 0 aliphatic heterocycles. The molecule has 0 heterocycles. The lowest BCUT2D eigenvalue weighted by Gasteiger charge is -2.04. The maximum atomic E-state index is 2.29. The summed E-state index contributed by atoms with van der Waals surface area (Å²) < 4.78 is 0. The quantitative estimate of drug-likeness (QED) is 0.404. The summed E-state index contributed by atoms with van der Waals surface area (Å²) in [5.41, 5.74) is 3.61. The largest absolute Gasteiger partial charge is 0.0710 e. The van der Waals surface area contributed by atoms with Gasteiger partial charge in [-0.3, -0.25) is 0 Å². The Balaban J connectivity index is 2.20. The van der Waals surface area contributed by atoms with Crippen molar-refractivity contribution in [3.05, 3.63) is 11.1 Å². The van der Waals surface area contributed by atoms with Crippen LogP contribution in [-0.2, 0) is 0 Å². The molecule has 0 heteroatoms. The standard InChI is InChI=1S/C12H22/c1-3-5-6-8-11(7-4-2)12-9-10-12/h3-10H2,1-2H3. The molecule has 12 heavy (non-hydrogen) atoms. The summed E-state index contributed by atoms with van der Waals surface area (Å²) in [6, 6.07) is 0. The molecule has 0 saturated heterocycles. The first-order valence-corrected chi connectivity index (χ1v) is 5.58. The van der Waals surface area contributed by atoms with Gasteiger partial charge >= 0.3 is 0 Å². The van der Waals surface area contributed by atoms with Gasteiger partial charge in [0.1, 0.15) is 0 Å². The Morgan fingerprint density at radius 3 is 2.25 bits per heavy atom. The molecule has 0 amide bonds. The Hall–Kier alpha value is -0.260. The molecule has 0 N–H and O–H groups in total. The van der Waals surface area contributed by atoms with Gasteiger partial charge in [-0.05, 0) is 32.1 Å². The Morgan fingerprint density at radius 2 is 1.75 bits per heavy atom. The third kappa shape index (κ3) is 3.42. The zero-order valence-corrected chi connectivity index (χ0v) is 8.66.